The van der Waals surface area contributed by atoms with E-state index in [1.54, 1.807) is 0 Å². The van der Waals surface area contributed by atoms with E-state index in [4.69, 9.17) is 26.1 Å². The van der Waals surface area contributed by atoms with Crippen LogP contribution in [0.2, 0.25) is 0 Å². The van der Waals surface area contributed by atoms with E-state index >= 15 is 0 Å². The van der Waals surface area contributed by atoms with E-state index < -0.39 is 50.3 Å². The van der Waals surface area contributed by atoms with Crippen molar-refractivity contribution in [3.63, 3.8) is 0 Å². The van der Waals surface area contributed by atoms with Gasteiger partial charge in [0.15, 0.2) is 12.4 Å². The molecule has 0 aromatic carbocycles. The van der Waals surface area contributed by atoms with Crippen LogP contribution < -0.4 is 5.32 Å². The van der Waals surface area contributed by atoms with Crippen molar-refractivity contribution in [1.29, 1.82) is 0 Å². The highest BCUT2D eigenvalue weighted by Gasteiger charge is 2.57. The predicted octanol–water partition coefficient (Wildman–Crippen LogP) is -0.455. The average Bonchev–Trinajstić information content (AvgIpc) is 2.70. The minimum Gasteiger partial charge on any atom is -0.387 e. The van der Waals surface area contributed by atoms with Crippen molar-refractivity contribution < 1.29 is 37.9 Å². The van der Waals surface area contributed by atoms with Crippen LogP contribution in [-0.4, -0.2) is 62.3 Å². The Morgan fingerprint density at radius 3 is 2.78 bits per heavy atom. The summed E-state index contributed by atoms with van der Waals surface area (Å²) in [5, 5.41) is 12.4. The molecule has 130 valence electrons. The number of carbonyl (C=O) groups is 1. The molecule has 0 bridgehead atoms. The smallest absolute Gasteiger partial charge is 0.387 e. The van der Waals surface area contributed by atoms with Crippen LogP contribution in [0.5, 0.6) is 0 Å². The van der Waals surface area contributed by atoms with Crippen LogP contribution in [0.1, 0.15) is 0 Å². The largest absolute Gasteiger partial charge is 0.469 e. The van der Waals surface area contributed by atoms with Gasteiger partial charge in [-0.15, -0.1) is 11.6 Å². The number of rotatable bonds is 5. The first-order valence-corrected chi connectivity index (χ1v) is 8.38. The maximum atomic E-state index is 14.4. The first-order valence-electron chi connectivity index (χ1n) is 6.32. The second kappa shape index (κ2) is 6.48. The first-order chi connectivity index (χ1) is 10.6. The van der Waals surface area contributed by atoms with E-state index in [9.17, 15) is 18.9 Å². The third kappa shape index (κ3) is 3.74. The van der Waals surface area contributed by atoms with Crippen LogP contribution in [0.3, 0.4) is 0 Å². The molecule has 0 saturated carbocycles. The molecule has 2 rings (SSSR count). The molecule has 1 saturated heterocycles. The monoisotopic (exact) mass is 372 g/mol. The van der Waals surface area contributed by atoms with Crippen LogP contribution >= 0.6 is 19.4 Å². The van der Waals surface area contributed by atoms with Crippen LogP contribution in [0.25, 0.3) is 0 Å². The van der Waals surface area contributed by atoms with Gasteiger partial charge in [0.2, 0.25) is 0 Å². The predicted molar refractivity (Wildman–Crippen MR) is 75.5 cm³/mol. The molecule has 0 aromatic rings. The van der Waals surface area contributed by atoms with Crippen molar-refractivity contribution in [3.05, 3.63) is 24.7 Å². The van der Waals surface area contributed by atoms with Gasteiger partial charge in [-0.25, -0.2) is 8.96 Å². The lowest BCUT2D eigenvalue weighted by atomic mass is 9.99. The minimum atomic E-state index is -4.87. The number of phosphoric acid groups is 1. The molecule has 0 aromatic heterocycles. The number of carbonyl (C=O) groups excluding carboxylic acids is 1. The molecule has 2 heterocycles. The third-order valence-electron chi connectivity index (χ3n) is 3.41. The topological polar surface area (TPSA) is 129 Å². The molecule has 4 N–H and O–H groups in total. The first kappa shape index (κ1) is 18.3. The van der Waals surface area contributed by atoms with Gasteiger partial charge in [-0.1, -0.05) is 6.58 Å². The third-order valence-corrected chi connectivity index (χ3v) is 4.33. The molecule has 0 radical (unpaired) electrons. The Kier molecular flexibility index (Phi) is 5.17. The fraction of sp³-hybridized carbons (Fsp3) is 0.545. The van der Waals surface area contributed by atoms with Gasteiger partial charge < -0.3 is 29.8 Å². The Morgan fingerprint density at radius 2 is 2.26 bits per heavy atom. The summed E-state index contributed by atoms with van der Waals surface area (Å²) in [7, 11) is -4.87. The molecule has 12 heteroatoms. The number of alkyl halides is 2. The Morgan fingerprint density at radius 1 is 1.61 bits per heavy atom. The molecule has 0 unspecified atom stereocenters. The number of nitrogens with one attached hydrogen (secondary N) is 1. The summed E-state index contributed by atoms with van der Waals surface area (Å²) in [6, 6.07) is 0. The van der Waals surface area contributed by atoms with Gasteiger partial charge >= 0.3 is 7.82 Å². The fourth-order valence-corrected chi connectivity index (χ4v) is 2.90. The molecule has 1 fully saturated rings. The minimum absolute atomic E-state index is 0.0126. The fourth-order valence-electron chi connectivity index (χ4n) is 2.22. The zero-order valence-corrected chi connectivity index (χ0v) is 13.3. The molecule has 9 nitrogen and oxygen atoms in total. The van der Waals surface area contributed by atoms with E-state index in [1.807, 2.05) is 0 Å². The zero-order chi connectivity index (χ0) is 17.4. The summed E-state index contributed by atoms with van der Waals surface area (Å²) in [6.07, 6.45) is -2.90. The number of amides is 1. The second-order valence-electron chi connectivity index (χ2n) is 5.02. The maximum Gasteiger partial charge on any atom is 0.469 e. The van der Waals surface area contributed by atoms with E-state index in [0.29, 0.717) is 0 Å². The number of aliphatic hydroxyl groups is 1. The molecule has 0 spiro atoms. The van der Waals surface area contributed by atoms with Crippen LogP contribution in [-0.2, 0) is 18.6 Å². The molecular weight excluding hydrogens is 358 g/mol. The lowest BCUT2D eigenvalue weighted by molar-refractivity contribution is -0.126. The molecule has 23 heavy (non-hydrogen) atoms. The normalized spacial score (nSPS) is 34.8. The highest BCUT2D eigenvalue weighted by Crippen LogP contribution is 2.42. The Hall–Kier alpha value is -1.00. The molecule has 4 atom stereocenters. The summed E-state index contributed by atoms with van der Waals surface area (Å²) in [6.45, 7) is 2.71. The van der Waals surface area contributed by atoms with E-state index in [0.717, 1.165) is 11.0 Å². The lowest BCUT2D eigenvalue weighted by Gasteiger charge is -2.33. The van der Waals surface area contributed by atoms with E-state index in [1.165, 1.54) is 6.20 Å². The summed E-state index contributed by atoms with van der Waals surface area (Å²) in [5.41, 5.74) is -1.87. The number of hydrogen-bond donors (Lipinski definition) is 4. The molecular formula is C11H15ClFN2O7P. The van der Waals surface area contributed by atoms with Gasteiger partial charge in [-0.05, 0) is 0 Å². The van der Waals surface area contributed by atoms with Gasteiger partial charge in [0.1, 0.15) is 17.5 Å². The van der Waals surface area contributed by atoms with Crippen LogP contribution in [0.4, 0.5) is 4.39 Å². The van der Waals surface area contributed by atoms with E-state index in [-0.39, 0.29) is 5.82 Å². The average molecular weight is 373 g/mol. The van der Waals surface area contributed by atoms with Gasteiger partial charge in [-0.2, -0.15) is 0 Å². The second-order valence-corrected chi connectivity index (χ2v) is 6.53. The van der Waals surface area contributed by atoms with Gasteiger partial charge in [0, 0.05) is 12.3 Å². The van der Waals surface area contributed by atoms with E-state index in [2.05, 4.69) is 16.4 Å². The van der Waals surface area contributed by atoms with Crippen molar-refractivity contribution in [1.82, 2.24) is 10.2 Å². The van der Waals surface area contributed by atoms with Gasteiger partial charge in [0.25, 0.3) is 5.91 Å². The highest BCUT2D eigenvalue weighted by molar-refractivity contribution is 7.46. The Bertz CT molecular complexity index is 585. The van der Waals surface area contributed by atoms with Crippen molar-refractivity contribution in [2.45, 2.75) is 24.1 Å². The van der Waals surface area contributed by atoms with Gasteiger partial charge in [0.05, 0.1) is 12.5 Å². The lowest BCUT2D eigenvalue weighted by Crippen LogP contribution is -2.47. The number of nitrogens with zero attached hydrogens (tertiary/aromatic N) is 1. The standard InChI is InChI=1S/C11H15ClFN2O7P/c1-6-14-7(16)2-3-15(6)10-8(13)9(17)11(4-12,22-10)5-21-23(18,19)20/h2-3,8-10,17H,1,4-5H2,(H,14,16)(H2,18,19,20)/t8-,9+,10-,11-/m1/s1. The summed E-state index contributed by atoms with van der Waals surface area (Å²) in [4.78, 5) is 29.8. The quantitative estimate of drug-likeness (QED) is 0.377. The molecule has 1 amide bonds. The molecule has 0 aliphatic carbocycles. The van der Waals surface area contributed by atoms with Crippen molar-refractivity contribution >= 4 is 25.3 Å². The van der Waals surface area contributed by atoms with Crippen LogP contribution in [0, 0.1) is 0 Å². The highest BCUT2D eigenvalue weighted by atomic mass is 35.5. The number of ether oxygens (including phenoxy) is 1. The number of halogens is 2. The Labute approximate surface area is 135 Å². The van der Waals surface area contributed by atoms with Crippen molar-refractivity contribution in [2.75, 3.05) is 12.5 Å². The van der Waals surface area contributed by atoms with Crippen molar-refractivity contribution in [3.8, 4) is 0 Å². The SMILES string of the molecule is C=C1NC(=O)C=CN1[C@@H]1O[C@](CCl)(COP(=O)(O)O)[C@@H](O)[C@H]1F. The van der Waals surface area contributed by atoms with Crippen LogP contribution in [0.15, 0.2) is 24.7 Å². The summed E-state index contributed by atoms with van der Waals surface area (Å²) >= 11 is 5.70. The Balaban J connectivity index is 2.22. The van der Waals surface area contributed by atoms with Crippen molar-refractivity contribution in [2.24, 2.45) is 0 Å². The summed E-state index contributed by atoms with van der Waals surface area (Å²) in [5.74, 6) is -0.936. The molecule has 2 aliphatic heterocycles. The number of phosphoric ester groups is 1. The zero-order valence-electron chi connectivity index (χ0n) is 11.6. The number of hydrogen-bond acceptors (Lipinski definition) is 6. The maximum absolute atomic E-state index is 14.4. The number of aliphatic hydroxyl groups excluding tert-OH is 1. The van der Waals surface area contributed by atoms with Gasteiger partial charge in [-0.3, -0.25) is 9.32 Å². The summed E-state index contributed by atoms with van der Waals surface area (Å²) < 4.78 is 35.0. The molecule has 2 aliphatic rings.